The molecule has 7 nitrogen and oxygen atoms in total. The molecule has 0 bridgehead atoms. The molecule has 2 aliphatic rings. The van der Waals surface area contributed by atoms with Crippen LogP contribution in [0.1, 0.15) is 31.9 Å². The Morgan fingerprint density at radius 1 is 1.32 bits per heavy atom. The lowest BCUT2D eigenvalue weighted by atomic mass is 9.94. The van der Waals surface area contributed by atoms with Gasteiger partial charge in [0, 0.05) is 31.6 Å². The average Bonchev–Trinajstić information content (AvgIpc) is 3.23. The molecule has 1 aromatic heterocycles. The molecule has 1 fully saturated rings. The molecule has 1 aromatic rings. The van der Waals surface area contributed by atoms with Crippen molar-refractivity contribution < 1.29 is 4.79 Å². The Morgan fingerprint density at radius 2 is 2.11 bits per heavy atom. The number of piperidine rings is 1. The largest absolute Gasteiger partial charge is 0.355 e. The molecule has 2 aliphatic heterocycles. The Kier molecular flexibility index (Phi) is 6.33. The van der Waals surface area contributed by atoms with Crippen LogP contribution in [-0.2, 0) is 4.79 Å². The number of nitrogens with zero attached hydrogens (tertiary/aromatic N) is 6. The number of rotatable bonds is 5. The number of carbonyl (C=O) groups excluding carboxylic acids is 1. The van der Waals surface area contributed by atoms with Crippen molar-refractivity contribution in [1.29, 1.82) is 5.26 Å². The van der Waals surface area contributed by atoms with Crippen LogP contribution in [0, 0.1) is 17.2 Å². The van der Waals surface area contributed by atoms with Gasteiger partial charge < -0.3 is 4.90 Å². The van der Waals surface area contributed by atoms with E-state index in [2.05, 4.69) is 26.5 Å². The fourth-order valence-electron chi connectivity index (χ4n) is 3.44. The molecule has 1 atom stereocenters. The van der Waals surface area contributed by atoms with E-state index in [1.165, 1.54) is 6.20 Å². The first-order chi connectivity index (χ1) is 13.6. The van der Waals surface area contributed by atoms with Crippen LogP contribution in [0.15, 0.2) is 54.0 Å². The first-order valence-corrected chi connectivity index (χ1v) is 9.44. The Bertz CT molecular complexity index is 858. The summed E-state index contributed by atoms with van der Waals surface area (Å²) in [5, 5.41) is 14.9. The molecule has 0 aliphatic carbocycles. The topological polar surface area (TPSA) is 85.5 Å². The summed E-state index contributed by atoms with van der Waals surface area (Å²) in [5.74, 6) is 0.661. The molecule has 0 N–H and O–H groups in total. The minimum atomic E-state index is -0.106. The highest BCUT2D eigenvalue weighted by atomic mass is 16.2. The fourth-order valence-corrected chi connectivity index (χ4v) is 3.44. The molecule has 1 amide bonds. The maximum Gasteiger partial charge on any atom is 0.246 e. The Hall–Kier alpha value is -3.27. The third-order valence-corrected chi connectivity index (χ3v) is 5.00. The third kappa shape index (κ3) is 4.34. The molecule has 0 radical (unpaired) electrons. The number of anilines is 1. The zero-order valence-corrected chi connectivity index (χ0v) is 16.0. The molecule has 0 unspecified atom stereocenters. The SMILES string of the molecule is C=C(/C=C\C=C/C)[C@@H]1CC=NN1C(=O)C1CCN(c2cncc(C#N)n2)CC1. The van der Waals surface area contributed by atoms with Gasteiger partial charge in [0.15, 0.2) is 5.69 Å². The van der Waals surface area contributed by atoms with Crippen LogP contribution in [0.2, 0.25) is 0 Å². The highest BCUT2D eigenvalue weighted by Crippen LogP contribution is 2.27. The summed E-state index contributed by atoms with van der Waals surface area (Å²) in [7, 11) is 0. The highest BCUT2D eigenvalue weighted by molar-refractivity contribution is 5.82. The van der Waals surface area contributed by atoms with Crippen molar-refractivity contribution in [2.24, 2.45) is 11.0 Å². The van der Waals surface area contributed by atoms with E-state index in [-0.39, 0.29) is 17.9 Å². The molecule has 1 saturated heterocycles. The number of nitriles is 1. The van der Waals surface area contributed by atoms with Gasteiger partial charge >= 0.3 is 0 Å². The maximum absolute atomic E-state index is 13.0. The van der Waals surface area contributed by atoms with Gasteiger partial charge in [0.05, 0.1) is 18.4 Å². The lowest BCUT2D eigenvalue weighted by Gasteiger charge is -2.34. The lowest BCUT2D eigenvalue weighted by molar-refractivity contribution is -0.137. The Balaban J connectivity index is 1.60. The first-order valence-electron chi connectivity index (χ1n) is 9.44. The fraction of sp³-hybridized carbons (Fsp3) is 0.381. The normalized spacial score (nSPS) is 20.2. The number of hydrogen-bond donors (Lipinski definition) is 0. The Labute approximate surface area is 165 Å². The summed E-state index contributed by atoms with van der Waals surface area (Å²) >= 11 is 0. The van der Waals surface area contributed by atoms with E-state index in [0.717, 1.165) is 18.4 Å². The van der Waals surface area contributed by atoms with Crippen LogP contribution in [0.25, 0.3) is 0 Å². The second-order valence-electron chi connectivity index (χ2n) is 6.83. The second kappa shape index (κ2) is 9.09. The van der Waals surface area contributed by atoms with Crippen LogP contribution in [0.5, 0.6) is 0 Å². The molecule has 144 valence electrons. The summed E-state index contributed by atoms with van der Waals surface area (Å²) in [6, 6.07) is 1.90. The lowest BCUT2D eigenvalue weighted by Crippen LogP contribution is -2.43. The standard InChI is InChI=1S/C21H24N6O/c1-3-4-5-6-16(2)19-7-10-24-27(19)21(28)17-8-11-26(12-9-17)20-15-23-14-18(13-22)25-20/h3-6,10,14-15,17,19H,2,7-9,11-12H2,1H3/b4-3-,6-5-/t19-/m0/s1. The summed E-state index contributed by atoms with van der Waals surface area (Å²) in [6.07, 6.45) is 14.8. The average molecular weight is 376 g/mol. The smallest absolute Gasteiger partial charge is 0.246 e. The van der Waals surface area contributed by atoms with Crippen molar-refractivity contribution in [3.8, 4) is 6.07 Å². The summed E-state index contributed by atoms with van der Waals surface area (Å²) in [5.41, 5.74) is 1.18. The molecular weight excluding hydrogens is 352 g/mol. The van der Waals surface area contributed by atoms with E-state index in [0.29, 0.717) is 31.0 Å². The minimum absolute atomic E-state index is 0.0517. The van der Waals surface area contributed by atoms with E-state index in [1.807, 2.05) is 37.3 Å². The molecule has 0 saturated carbocycles. The quantitative estimate of drug-likeness (QED) is 0.738. The van der Waals surface area contributed by atoms with Gasteiger partial charge in [-0.25, -0.2) is 9.99 Å². The van der Waals surface area contributed by atoms with Crippen molar-refractivity contribution in [3.05, 3.63) is 54.5 Å². The minimum Gasteiger partial charge on any atom is -0.355 e. The van der Waals surface area contributed by atoms with Crippen molar-refractivity contribution >= 4 is 17.9 Å². The summed E-state index contributed by atoms with van der Waals surface area (Å²) in [4.78, 5) is 23.5. The third-order valence-electron chi connectivity index (χ3n) is 5.00. The van der Waals surface area contributed by atoms with Gasteiger partial charge in [-0.2, -0.15) is 10.4 Å². The van der Waals surface area contributed by atoms with Crippen LogP contribution >= 0.6 is 0 Å². The van der Waals surface area contributed by atoms with E-state index in [1.54, 1.807) is 17.4 Å². The molecule has 7 heteroatoms. The summed E-state index contributed by atoms with van der Waals surface area (Å²) in [6.45, 7) is 7.46. The molecule has 0 aromatic carbocycles. The van der Waals surface area contributed by atoms with Gasteiger partial charge in [-0.3, -0.25) is 9.78 Å². The number of aromatic nitrogens is 2. The van der Waals surface area contributed by atoms with Gasteiger partial charge in [-0.1, -0.05) is 30.9 Å². The zero-order chi connectivity index (χ0) is 19.9. The van der Waals surface area contributed by atoms with Crippen LogP contribution < -0.4 is 4.90 Å². The van der Waals surface area contributed by atoms with Gasteiger partial charge in [0.25, 0.3) is 0 Å². The Morgan fingerprint density at radius 3 is 2.82 bits per heavy atom. The zero-order valence-electron chi connectivity index (χ0n) is 16.0. The van der Waals surface area contributed by atoms with Crippen LogP contribution in [0.3, 0.4) is 0 Å². The predicted molar refractivity (Wildman–Crippen MR) is 109 cm³/mol. The van der Waals surface area contributed by atoms with E-state index in [9.17, 15) is 4.79 Å². The second-order valence-corrected chi connectivity index (χ2v) is 6.83. The van der Waals surface area contributed by atoms with Gasteiger partial charge in [0.2, 0.25) is 5.91 Å². The van der Waals surface area contributed by atoms with Crippen molar-refractivity contribution in [1.82, 2.24) is 15.0 Å². The summed E-state index contributed by atoms with van der Waals surface area (Å²) < 4.78 is 0. The molecular formula is C21H24N6O. The van der Waals surface area contributed by atoms with Gasteiger partial charge in [-0.15, -0.1) is 0 Å². The monoisotopic (exact) mass is 376 g/mol. The van der Waals surface area contributed by atoms with Crippen molar-refractivity contribution in [2.75, 3.05) is 18.0 Å². The number of allylic oxidation sites excluding steroid dienone is 3. The van der Waals surface area contributed by atoms with Crippen molar-refractivity contribution in [2.45, 2.75) is 32.2 Å². The van der Waals surface area contributed by atoms with E-state index in [4.69, 9.17) is 5.26 Å². The van der Waals surface area contributed by atoms with Gasteiger partial charge in [-0.05, 0) is 25.3 Å². The van der Waals surface area contributed by atoms with Crippen LogP contribution in [-0.4, -0.2) is 46.2 Å². The molecule has 0 spiro atoms. The number of hydrazone groups is 1. The number of carbonyl (C=O) groups is 1. The molecule has 3 heterocycles. The van der Waals surface area contributed by atoms with Crippen molar-refractivity contribution in [3.63, 3.8) is 0 Å². The van der Waals surface area contributed by atoms with E-state index >= 15 is 0 Å². The van der Waals surface area contributed by atoms with Gasteiger partial charge in [0.1, 0.15) is 11.9 Å². The first kappa shape index (κ1) is 19.5. The van der Waals surface area contributed by atoms with E-state index < -0.39 is 0 Å². The number of amides is 1. The predicted octanol–water partition coefficient (Wildman–Crippen LogP) is 2.84. The molecule has 3 rings (SSSR count). The maximum atomic E-state index is 13.0. The highest BCUT2D eigenvalue weighted by Gasteiger charge is 2.34. The number of hydrogen-bond acceptors (Lipinski definition) is 6. The van der Waals surface area contributed by atoms with Crippen LogP contribution in [0.4, 0.5) is 5.82 Å². The molecule has 28 heavy (non-hydrogen) atoms.